The zero-order valence-corrected chi connectivity index (χ0v) is 18.1. The number of hydrogen-bond donors (Lipinski definition) is 3. The summed E-state index contributed by atoms with van der Waals surface area (Å²) in [6, 6.07) is 3.54. The summed E-state index contributed by atoms with van der Waals surface area (Å²) in [6.45, 7) is 2.23. The third-order valence-electron chi connectivity index (χ3n) is 3.96. The van der Waals surface area contributed by atoms with Crippen molar-refractivity contribution in [1.29, 1.82) is 0 Å². The van der Waals surface area contributed by atoms with Crippen molar-refractivity contribution in [2.24, 2.45) is 0 Å². The Morgan fingerprint density at radius 2 is 1.86 bits per heavy atom. The number of fused-ring (bicyclic) bond motifs is 1. The van der Waals surface area contributed by atoms with Gasteiger partial charge in [0.05, 0.1) is 21.2 Å². The van der Waals surface area contributed by atoms with Crippen LogP contribution in [0.15, 0.2) is 45.2 Å². The second kappa shape index (κ2) is 8.18. The van der Waals surface area contributed by atoms with E-state index in [1.54, 1.807) is 17.9 Å². The standard InChI is InChI=1S/C16H15F3N2O4PS3/c1-2-20-10-7-9(16(17,18)19)3-4-11(10)28-13(20)6-5-12-14(22)21(15(27)29-12)8-26(23,24)25/h3-7,23-25H,2,8H2,1H3/q+1/b12-5+,13-6-. The van der Waals surface area contributed by atoms with Gasteiger partial charge in [0.15, 0.2) is 4.32 Å². The Kier molecular flexibility index (Phi) is 6.36. The number of anilines is 1. The van der Waals surface area contributed by atoms with Gasteiger partial charge in [0, 0.05) is 11.4 Å². The Labute approximate surface area is 178 Å². The van der Waals surface area contributed by atoms with Crippen LogP contribution in [0.3, 0.4) is 0 Å². The van der Waals surface area contributed by atoms with Gasteiger partial charge < -0.3 is 4.90 Å². The van der Waals surface area contributed by atoms with Gasteiger partial charge in [0.1, 0.15) is 0 Å². The van der Waals surface area contributed by atoms with Gasteiger partial charge in [-0.15, -0.1) is 0 Å². The molecule has 1 fully saturated rings. The van der Waals surface area contributed by atoms with Gasteiger partial charge in [0.25, 0.3) is 5.91 Å². The number of nitrogens with zero attached hydrogens (tertiary/aromatic N) is 2. The van der Waals surface area contributed by atoms with Crippen molar-refractivity contribution in [3.63, 3.8) is 0 Å². The molecule has 0 spiro atoms. The molecule has 2 aliphatic heterocycles. The molecule has 6 nitrogen and oxygen atoms in total. The first kappa shape index (κ1) is 22.5. The smallest absolute Gasteiger partial charge is 0.335 e. The van der Waals surface area contributed by atoms with Crippen LogP contribution in [0.1, 0.15) is 12.5 Å². The van der Waals surface area contributed by atoms with E-state index < -0.39 is 31.9 Å². The van der Waals surface area contributed by atoms with Crippen molar-refractivity contribution in [3.8, 4) is 0 Å². The highest BCUT2D eigenvalue weighted by atomic mass is 32.2. The van der Waals surface area contributed by atoms with E-state index in [1.807, 2.05) is 0 Å². The molecule has 156 valence electrons. The first-order chi connectivity index (χ1) is 13.4. The number of hydrogen-bond acceptors (Lipinski definition) is 8. The molecule has 3 rings (SSSR count). The SMILES string of the molecule is CCN1/C(=C/C=C2/SC(=S)N(C[P+](O)(O)O)C2=O)Sc2ccc(C(F)(F)F)cc21. The third kappa shape index (κ3) is 4.96. The van der Waals surface area contributed by atoms with Crippen LogP contribution in [0.2, 0.25) is 0 Å². The molecule has 0 atom stereocenters. The second-order valence-corrected chi connectivity index (χ2v) is 10.4. The van der Waals surface area contributed by atoms with E-state index in [0.717, 1.165) is 28.8 Å². The molecule has 13 heteroatoms. The lowest BCUT2D eigenvalue weighted by Gasteiger charge is -2.18. The molecule has 0 bridgehead atoms. The number of benzene rings is 1. The lowest BCUT2D eigenvalue weighted by molar-refractivity contribution is -0.137. The number of thioether (sulfide) groups is 2. The topological polar surface area (TPSA) is 84.2 Å². The van der Waals surface area contributed by atoms with Crippen LogP contribution in [-0.4, -0.2) is 42.6 Å². The molecule has 1 saturated heterocycles. The van der Waals surface area contributed by atoms with Crippen LogP contribution >= 0.6 is 43.7 Å². The molecule has 1 aromatic rings. The zero-order chi connectivity index (χ0) is 21.6. The van der Waals surface area contributed by atoms with Crippen LogP contribution < -0.4 is 4.90 Å². The minimum atomic E-state index is -4.44. The highest BCUT2D eigenvalue weighted by Gasteiger charge is 2.42. The summed E-state index contributed by atoms with van der Waals surface area (Å²) < 4.78 is 39.1. The van der Waals surface area contributed by atoms with Crippen LogP contribution in [-0.2, 0) is 11.0 Å². The molecule has 3 N–H and O–H groups in total. The molecular formula is C16H15F3N2O4PS3+. The number of allylic oxidation sites excluding steroid dienone is 2. The van der Waals surface area contributed by atoms with E-state index in [0.29, 0.717) is 22.2 Å². The molecule has 1 amide bonds. The fourth-order valence-electron chi connectivity index (χ4n) is 2.70. The first-order valence-corrected chi connectivity index (χ1v) is 12.0. The molecule has 0 saturated carbocycles. The summed E-state index contributed by atoms with van der Waals surface area (Å²) in [5, 5.41) is 0.639. The van der Waals surface area contributed by atoms with Crippen molar-refractivity contribution >= 4 is 59.6 Å². The van der Waals surface area contributed by atoms with Crippen LogP contribution in [0, 0.1) is 0 Å². The number of carbonyl (C=O) groups excluding carboxylic acids is 1. The fourth-order valence-corrected chi connectivity index (χ4v) is 5.85. The summed E-state index contributed by atoms with van der Waals surface area (Å²) in [5.74, 6) is -0.582. The minimum Gasteiger partial charge on any atom is -0.335 e. The second-order valence-electron chi connectivity index (χ2n) is 6.00. The Morgan fingerprint density at radius 1 is 1.17 bits per heavy atom. The largest absolute Gasteiger partial charge is 0.425 e. The van der Waals surface area contributed by atoms with E-state index >= 15 is 0 Å². The van der Waals surface area contributed by atoms with Gasteiger partial charge in [0.2, 0.25) is 6.29 Å². The Bertz CT molecular complexity index is 931. The summed E-state index contributed by atoms with van der Waals surface area (Å²) in [4.78, 5) is 43.4. The lowest BCUT2D eigenvalue weighted by Crippen LogP contribution is -2.30. The highest BCUT2D eigenvalue weighted by Crippen LogP contribution is 2.49. The Hall–Kier alpha value is -1.14. The van der Waals surface area contributed by atoms with Crippen molar-refractivity contribution < 1.29 is 32.6 Å². The van der Waals surface area contributed by atoms with Gasteiger partial charge >= 0.3 is 14.1 Å². The molecule has 29 heavy (non-hydrogen) atoms. The molecule has 2 aliphatic rings. The van der Waals surface area contributed by atoms with Crippen molar-refractivity contribution in [2.75, 3.05) is 17.7 Å². The summed E-state index contributed by atoms with van der Waals surface area (Å²) >= 11 is 7.25. The lowest BCUT2D eigenvalue weighted by atomic mass is 10.2. The molecule has 0 aromatic heterocycles. The quantitative estimate of drug-likeness (QED) is 0.338. The third-order valence-corrected chi connectivity index (χ3v) is 7.14. The average Bonchev–Trinajstić information content (AvgIpc) is 3.09. The Balaban J connectivity index is 1.85. The number of thiocarbonyl (C=S) groups is 1. The van der Waals surface area contributed by atoms with Gasteiger partial charge in [-0.25, -0.2) is 0 Å². The summed E-state index contributed by atoms with van der Waals surface area (Å²) in [7, 11) is -4.22. The molecule has 1 aromatic carbocycles. The molecule has 0 unspecified atom stereocenters. The van der Waals surface area contributed by atoms with Crippen LogP contribution in [0.25, 0.3) is 0 Å². The van der Waals surface area contributed by atoms with Gasteiger partial charge in [-0.2, -0.15) is 27.9 Å². The van der Waals surface area contributed by atoms with E-state index in [4.69, 9.17) is 12.2 Å². The maximum Gasteiger partial charge on any atom is 0.425 e. The summed E-state index contributed by atoms with van der Waals surface area (Å²) in [6.07, 6.45) is -2.04. The van der Waals surface area contributed by atoms with E-state index in [1.165, 1.54) is 23.9 Å². The van der Waals surface area contributed by atoms with E-state index in [2.05, 4.69) is 0 Å². The number of alkyl halides is 3. The molecular weight excluding hydrogens is 468 g/mol. The fraction of sp³-hybridized carbons (Fsp3) is 0.250. The monoisotopic (exact) mass is 483 g/mol. The minimum absolute atomic E-state index is 0.0747. The van der Waals surface area contributed by atoms with Gasteiger partial charge in [-0.05, 0) is 37.3 Å². The maximum atomic E-state index is 13.0. The predicted molar refractivity (Wildman–Crippen MR) is 112 cm³/mol. The van der Waals surface area contributed by atoms with Crippen molar-refractivity contribution in [1.82, 2.24) is 4.90 Å². The van der Waals surface area contributed by atoms with Crippen molar-refractivity contribution in [2.45, 2.75) is 18.0 Å². The number of halogens is 3. The van der Waals surface area contributed by atoms with Gasteiger partial charge in [-0.1, -0.05) is 35.7 Å². The van der Waals surface area contributed by atoms with Crippen LogP contribution in [0.4, 0.5) is 18.9 Å². The normalized spacial score (nSPS) is 20.4. The zero-order valence-electron chi connectivity index (χ0n) is 14.8. The number of carbonyl (C=O) groups is 1. The first-order valence-electron chi connectivity index (χ1n) is 8.09. The number of amides is 1. The van der Waals surface area contributed by atoms with E-state index in [-0.39, 0.29) is 9.23 Å². The van der Waals surface area contributed by atoms with Gasteiger partial charge in [-0.3, -0.25) is 9.69 Å². The van der Waals surface area contributed by atoms with E-state index in [9.17, 15) is 32.6 Å². The highest BCUT2D eigenvalue weighted by molar-refractivity contribution is 8.26. The molecule has 0 radical (unpaired) electrons. The molecule has 2 heterocycles. The summed E-state index contributed by atoms with van der Waals surface area (Å²) in [5.41, 5.74) is -0.295. The average molecular weight is 483 g/mol. The number of rotatable bonds is 4. The van der Waals surface area contributed by atoms with Crippen LogP contribution in [0.5, 0.6) is 0 Å². The van der Waals surface area contributed by atoms with Crippen molar-refractivity contribution in [3.05, 3.63) is 45.8 Å². The maximum absolute atomic E-state index is 13.0. The predicted octanol–water partition coefficient (Wildman–Crippen LogP) is 3.92. The Morgan fingerprint density at radius 3 is 2.45 bits per heavy atom. The molecule has 0 aliphatic carbocycles.